The van der Waals surface area contributed by atoms with Gasteiger partial charge in [-0.05, 0) is 52.7 Å². The van der Waals surface area contributed by atoms with Crippen LogP contribution in [0.4, 0.5) is 10.1 Å². The van der Waals surface area contributed by atoms with Crippen molar-refractivity contribution in [3.05, 3.63) is 53.8 Å². The summed E-state index contributed by atoms with van der Waals surface area (Å²) in [6.07, 6.45) is 0.925. The average molecular weight is 283 g/mol. The number of benzene rings is 2. The van der Waals surface area contributed by atoms with Crippen LogP contribution in [0.2, 0.25) is 0 Å². The molecule has 2 aromatic carbocycles. The molecule has 2 N–H and O–H groups in total. The topological polar surface area (TPSA) is 69.6 Å². The Labute approximate surface area is 121 Å². The predicted octanol–water partition coefficient (Wildman–Crippen LogP) is 2.61. The number of hydrogen-bond acceptors (Lipinski definition) is 4. The fourth-order valence-corrected chi connectivity index (χ4v) is 2.13. The van der Waals surface area contributed by atoms with Crippen molar-refractivity contribution in [1.29, 1.82) is 0 Å². The molecule has 0 bridgehead atoms. The number of tetrazole rings is 1. The van der Waals surface area contributed by atoms with Gasteiger partial charge in [0, 0.05) is 5.56 Å². The molecular weight excluding hydrogens is 269 g/mol. The molecule has 0 aliphatic carbocycles. The zero-order valence-corrected chi connectivity index (χ0v) is 11.5. The van der Waals surface area contributed by atoms with E-state index in [9.17, 15) is 4.39 Å². The maximum atomic E-state index is 13.3. The number of nitrogens with two attached hydrogens (primary N) is 1. The van der Waals surface area contributed by atoms with E-state index in [0.717, 1.165) is 12.1 Å². The van der Waals surface area contributed by atoms with Crippen molar-refractivity contribution in [2.45, 2.75) is 13.3 Å². The third-order valence-electron chi connectivity index (χ3n) is 3.29. The highest BCUT2D eigenvalue weighted by Gasteiger charge is 2.12. The van der Waals surface area contributed by atoms with Crippen LogP contribution in [0.15, 0.2) is 42.5 Å². The zero-order chi connectivity index (χ0) is 14.8. The summed E-state index contributed by atoms with van der Waals surface area (Å²) in [6.45, 7) is 2.08. The first-order valence-corrected chi connectivity index (χ1v) is 6.62. The molecule has 1 heterocycles. The van der Waals surface area contributed by atoms with Gasteiger partial charge in [0.2, 0.25) is 0 Å². The fraction of sp³-hybridized carbons (Fsp3) is 0.133. The highest BCUT2D eigenvalue weighted by atomic mass is 19.1. The van der Waals surface area contributed by atoms with E-state index >= 15 is 0 Å². The van der Waals surface area contributed by atoms with Gasteiger partial charge in [0.05, 0.1) is 11.4 Å². The zero-order valence-electron chi connectivity index (χ0n) is 11.5. The van der Waals surface area contributed by atoms with E-state index in [2.05, 4.69) is 22.4 Å². The number of nitrogens with zero attached hydrogens (tertiary/aromatic N) is 4. The van der Waals surface area contributed by atoms with Crippen LogP contribution in [0.5, 0.6) is 0 Å². The Bertz CT molecular complexity index is 781. The summed E-state index contributed by atoms with van der Waals surface area (Å²) in [5.74, 6) is 0.0701. The number of nitrogen functional groups attached to an aromatic ring is 1. The quantitative estimate of drug-likeness (QED) is 0.750. The summed E-state index contributed by atoms with van der Waals surface area (Å²) in [5, 5.41) is 11.7. The van der Waals surface area contributed by atoms with Crippen LogP contribution in [0.3, 0.4) is 0 Å². The molecule has 3 rings (SSSR count). The third-order valence-corrected chi connectivity index (χ3v) is 3.29. The van der Waals surface area contributed by atoms with Crippen molar-refractivity contribution in [1.82, 2.24) is 20.2 Å². The number of halogens is 1. The second kappa shape index (κ2) is 5.32. The van der Waals surface area contributed by atoms with Crippen molar-refractivity contribution in [2.24, 2.45) is 0 Å². The largest absolute Gasteiger partial charge is 0.396 e. The summed E-state index contributed by atoms with van der Waals surface area (Å²) in [6, 6.07) is 12.4. The monoisotopic (exact) mass is 283 g/mol. The summed E-state index contributed by atoms with van der Waals surface area (Å²) in [7, 11) is 0. The van der Waals surface area contributed by atoms with Gasteiger partial charge >= 0.3 is 0 Å². The Hall–Kier alpha value is -2.76. The first-order valence-electron chi connectivity index (χ1n) is 6.62. The van der Waals surface area contributed by atoms with Crippen LogP contribution in [0.1, 0.15) is 12.5 Å². The van der Waals surface area contributed by atoms with Gasteiger partial charge in [-0.15, -0.1) is 5.10 Å². The van der Waals surface area contributed by atoms with Crippen molar-refractivity contribution in [2.75, 3.05) is 5.73 Å². The predicted molar refractivity (Wildman–Crippen MR) is 78.3 cm³/mol. The lowest BCUT2D eigenvalue weighted by Gasteiger charge is -2.07. The van der Waals surface area contributed by atoms with Crippen LogP contribution in [0, 0.1) is 5.82 Å². The molecule has 0 radical (unpaired) electrons. The van der Waals surface area contributed by atoms with Crippen molar-refractivity contribution in [3.63, 3.8) is 0 Å². The first kappa shape index (κ1) is 13.2. The second-order valence-corrected chi connectivity index (χ2v) is 4.67. The lowest BCUT2D eigenvalue weighted by Crippen LogP contribution is -2.01. The molecule has 1 aromatic heterocycles. The Morgan fingerprint density at radius 3 is 2.81 bits per heavy atom. The summed E-state index contributed by atoms with van der Waals surface area (Å²) in [4.78, 5) is 0. The van der Waals surface area contributed by atoms with E-state index in [0.29, 0.717) is 11.4 Å². The molecule has 6 heteroatoms. The summed E-state index contributed by atoms with van der Waals surface area (Å²) in [5.41, 5.74) is 8.40. The second-order valence-electron chi connectivity index (χ2n) is 4.67. The van der Waals surface area contributed by atoms with Gasteiger partial charge in [0.1, 0.15) is 5.82 Å². The first-order chi connectivity index (χ1) is 10.2. The Kier molecular flexibility index (Phi) is 3.35. The minimum atomic E-state index is -0.453. The Balaban J connectivity index is 2.09. The van der Waals surface area contributed by atoms with Crippen molar-refractivity contribution >= 4 is 5.69 Å². The maximum absolute atomic E-state index is 13.3. The number of anilines is 1. The van der Waals surface area contributed by atoms with Gasteiger partial charge in [-0.2, -0.15) is 4.68 Å². The molecule has 0 spiro atoms. The summed E-state index contributed by atoms with van der Waals surface area (Å²) >= 11 is 0. The van der Waals surface area contributed by atoms with Crippen LogP contribution in [-0.2, 0) is 6.42 Å². The minimum Gasteiger partial charge on any atom is -0.396 e. The smallest absolute Gasteiger partial charge is 0.187 e. The van der Waals surface area contributed by atoms with E-state index in [1.54, 1.807) is 10.7 Å². The molecule has 0 aliphatic rings. The molecule has 5 nitrogen and oxygen atoms in total. The average Bonchev–Trinajstić information content (AvgIpc) is 2.99. The Morgan fingerprint density at radius 2 is 2.05 bits per heavy atom. The van der Waals surface area contributed by atoms with Gasteiger partial charge in [0.25, 0.3) is 0 Å². The normalized spacial score (nSPS) is 10.8. The molecule has 0 amide bonds. The number of aryl methyl sites for hydroxylation is 1. The molecule has 0 aliphatic heterocycles. The molecule has 0 atom stereocenters. The molecular formula is C15H14FN5. The SMILES string of the molecule is CCc1cccc(-n2nnnc2-c2ccc(F)c(N)c2)c1. The lowest BCUT2D eigenvalue weighted by atomic mass is 10.1. The van der Waals surface area contributed by atoms with Crippen LogP contribution >= 0.6 is 0 Å². The highest BCUT2D eigenvalue weighted by molar-refractivity contribution is 5.63. The molecule has 106 valence electrons. The van der Waals surface area contributed by atoms with Crippen molar-refractivity contribution in [3.8, 4) is 17.1 Å². The molecule has 0 saturated heterocycles. The number of hydrogen-bond donors (Lipinski definition) is 1. The molecule has 0 fully saturated rings. The van der Waals surface area contributed by atoms with Gasteiger partial charge in [0.15, 0.2) is 5.82 Å². The van der Waals surface area contributed by atoms with Gasteiger partial charge < -0.3 is 5.73 Å². The molecule has 0 saturated carbocycles. The standard InChI is InChI=1S/C15H14FN5/c1-2-10-4-3-5-12(8-10)21-15(18-19-20-21)11-6-7-13(16)14(17)9-11/h3-9H,2,17H2,1H3. The van der Waals surface area contributed by atoms with Gasteiger partial charge in [-0.3, -0.25) is 0 Å². The van der Waals surface area contributed by atoms with Crippen LogP contribution in [0.25, 0.3) is 17.1 Å². The van der Waals surface area contributed by atoms with Gasteiger partial charge in [-0.1, -0.05) is 19.1 Å². The van der Waals surface area contributed by atoms with E-state index < -0.39 is 5.82 Å². The molecule has 3 aromatic rings. The third kappa shape index (κ3) is 2.47. The van der Waals surface area contributed by atoms with Gasteiger partial charge in [-0.25, -0.2) is 4.39 Å². The maximum Gasteiger partial charge on any atom is 0.187 e. The van der Waals surface area contributed by atoms with E-state index in [4.69, 9.17) is 5.73 Å². The summed E-state index contributed by atoms with van der Waals surface area (Å²) < 4.78 is 14.9. The van der Waals surface area contributed by atoms with E-state index in [1.807, 2.05) is 24.3 Å². The number of aromatic nitrogens is 4. The lowest BCUT2D eigenvalue weighted by molar-refractivity contribution is 0.632. The van der Waals surface area contributed by atoms with E-state index in [-0.39, 0.29) is 5.69 Å². The Morgan fingerprint density at radius 1 is 1.19 bits per heavy atom. The molecule has 21 heavy (non-hydrogen) atoms. The van der Waals surface area contributed by atoms with Crippen molar-refractivity contribution < 1.29 is 4.39 Å². The van der Waals surface area contributed by atoms with Crippen LogP contribution < -0.4 is 5.73 Å². The van der Waals surface area contributed by atoms with Crippen LogP contribution in [-0.4, -0.2) is 20.2 Å². The fourth-order valence-electron chi connectivity index (χ4n) is 2.13. The number of rotatable bonds is 3. The highest BCUT2D eigenvalue weighted by Crippen LogP contribution is 2.23. The van der Waals surface area contributed by atoms with E-state index in [1.165, 1.54) is 17.7 Å². The minimum absolute atomic E-state index is 0.0735. The molecule has 0 unspecified atom stereocenters.